The predicted molar refractivity (Wildman–Crippen MR) is 458 cm³/mol. The Labute approximate surface area is 723 Å². The van der Waals surface area contributed by atoms with E-state index in [9.17, 15) is 92.4 Å². The second-order valence-corrected chi connectivity index (χ2v) is 48.9. The Morgan fingerprint density at radius 1 is 0.463 bits per heavy atom. The summed E-state index contributed by atoms with van der Waals surface area (Å²) in [6.07, 6.45) is 23.9. The van der Waals surface area contributed by atoms with Crippen molar-refractivity contribution in [2.24, 2.45) is 55.8 Å². The summed E-state index contributed by atoms with van der Waals surface area (Å²) >= 11 is 0. The summed E-state index contributed by atoms with van der Waals surface area (Å²) in [5.41, 5.74) is -2.11. The Morgan fingerprint density at radius 3 is 1.14 bits per heavy atom. The number of allylic oxidation sites excluding steroid dienone is 1. The van der Waals surface area contributed by atoms with Crippen molar-refractivity contribution in [2.45, 2.75) is 278 Å². The first kappa shape index (κ1) is 102. The number of esters is 2. The molecular formula is C87H130F6N8O17S5. The molecule has 4 aromatic rings. The van der Waals surface area contributed by atoms with Crippen LogP contribution in [0.4, 0.5) is 26.3 Å². The number of tetrazole rings is 1. The molecule has 0 unspecified atom stereocenters. The minimum Gasteiger partial charge on any atom is -0.469 e. The number of nitrogens with zero attached hydrogens (tertiary/aromatic N) is 6. The molecule has 2 aromatic heterocycles. The largest absolute Gasteiger partial charge is 0.469 e. The molecule has 15 fully saturated rings. The predicted octanol–water partition coefficient (Wildman–Crippen LogP) is 16.0. The number of methoxy groups -OCH3 is 2. The number of aromatic nitrogens is 7. The number of aromatic amines is 1. The molecule has 15 aliphatic rings. The number of H-pyrrole nitrogens is 1. The number of carbonyl (C=O) groups excluding carboxylic acids is 5. The number of ether oxygens (including phenoxy) is 2. The highest BCUT2D eigenvalue weighted by molar-refractivity contribution is 7.94. The van der Waals surface area contributed by atoms with E-state index in [1.54, 1.807) is 73.2 Å². The molecule has 123 heavy (non-hydrogen) atoms. The number of hydrogen-bond acceptors (Lipinski definition) is 22. The lowest BCUT2D eigenvalue weighted by atomic mass is 9.52. The Bertz CT molecular complexity index is 4820. The fourth-order valence-corrected chi connectivity index (χ4v) is 24.7. The standard InChI is InChI=1S/C22H28F3N3O2S.C14H25NO3S.C14H22O4S.C14H24O3S.C11H16O3.C8H5F3N4.C4H10O2S/c1-3-31(29,30)15-14-20-8-11-21(12-9-20,13-10-20)19-27-26-18(28(19)2)16-6-4-5-7-17(16)22(23,24)25;1-3-19(17,18)11-10-13-4-7-14(8-5-13,9-6-13)12(16)15-2;1-3-19(16,17)11-10-13-4-7-14(8-5-13,9-6-13)12(15)18-2;1-3-18(16,17)11-10-13-4-7-14(8-5-13,9-6-13)12(2)15;1-14-9(13)11-5-2-10(8-12,3-6-11)4-7-11;9-8(10,11)6-4-2-1-3-5(6)7-12-14-15-13-7;1-3-7(5,6)4-2/h4-7H,3,8-15H2,1-2H3;3-11H2,1-2H3,(H,15,16);10-11H,3-9H2,1-2H3;3-11H2,1-2H3;8H,2-7H2,1H3;1-4H,(H,12,13,14,15);3-4H2,1-2H3/b;;11-10+;;;;. The van der Waals surface area contributed by atoms with E-state index in [0.29, 0.717) is 23.7 Å². The van der Waals surface area contributed by atoms with Crippen molar-refractivity contribution in [1.82, 2.24) is 40.7 Å². The molecule has 10 bridgehead atoms. The number of halogens is 6. The number of sulfone groups is 5. The van der Waals surface area contributed by atoms with Crippen molar-refractivity contribution < 1.29 is 102 Å². The molecule has 15 saturated carbocycles. The van der Waals surface area contributed by atoms with Crippen molar-refractivity contribution in [3.05, 3.63) is 77.0 Å². The molecule has 692 valence electrons. The third-order valence-corrected chi connectivity index (χ3v) is 38.7. The lowest BCUT2D eigenvalue weighted by Crippen LogP contribution is -2.49. The van der Waals surface area contributed by atoms with Crippen LogP contribution in [0.1, 0.15) is 277 Å². The van der Waals surface area contributed by atoms with Gasteiger partial charge in [0.25, 0.3) is 0 Å². The van der Waals surface area contributed by atoms with Crippen LogP contribution in [0.3, 0.4) is 0 Å². The Balaban J connectivity index is 0.000000184. The number of alkyl halides is 6. The topological polar surface area (TPSA) is 372 Å². The lowest BCUT2D eigenvalue weighted by molar-refractivity contribution is -0.163. The minimum atomic E-state index is -4.46. The van der Waals surface area contributed by atoms with Gasteiger partial charge in [0, 0.05) is 81.1 Å². The highest BCUT2D eigenvalue weighted by Gasteiger charge is 2.57. The van der Waals surface area contributed by atoms with Crippen molar-refractivity contribution in [3.8, 4) is 22.8 Å². The number of amides is 1. The average molecular weight is 1830 g/mol. The molecule has 0 radical (unpaired) electrons. The number of rotatable bonds is 25. The van der Waals surface area contributed by atoms with E-state index in [1.165, 1.54) is 50.0 Å². The number of hydrogen-bond donors (Lipinski definition) is 2. The van der Waals surface area contributed by atoms with Gasteiger partial charge in [0.1, 0.15) is 57.2 Å². The van der Waals surface area contributed by atoms with Gasteiger partial charge >= 0.3 is 24.3 Å². The highest BCUT2D eigenvalue weighted by atomic mass is 32.2. The average Bonchev–Trinajstić information content (AvgIpc) is 1.63. The van der Waals surface area contributed by atoms with Gasteiger partial charge in [0.05, 0.1) is 59.2 Å². The number of Topliss-reactive ketones (excluding diaryl/α,β-unsaturated/α-hetero) is 1. The van der Waals surface area contributed by atoms with Gasteiger partial charge in [-0.05, 0) is 258 Å². The SMILES string of the molecule is CCS(=O)(=O)/C=C/C12CCC(C(=O)OC)(CC1)CC2.CCS(=O)(=O)CC.CCS(=O)(=O)CCC12CCC(C(=O)NC)(CC1)CC2.CCS(=O)(=O)CCC12CCC(C(C)=O)(CC1)CC2.CCS(=O)(=O)CCC12CCC(c3nnc(-c4ccccc4C(F)(F)F)n3C)(CC1)CC2.COC(=O)C12CCC(C=O)(CC1)CC2.FC(F)(F)c1ccccc1-c1nn[nH]n1. The van der Waals surface area contributed by atoms with Crippen LogP contribution in [-0.2, 0) is 107 Å². The van der Waals surface area contributed by atoms with E-state index in [4.69, 9.17) is 9.47 Å². The molecule has 15 aliphatic carbocycles. The Hall–Kier alpha value is -6.53. The van der Waals surface area contributed by atoms with Gasteiger partial charge in [-0.3, -0.25) is 19.2 Å². The first-order chi connectivity index (χ1) is 57.5. The van der Waals surface area contributed by atoms with Crippen LogP contribution < -0.4 is 5.32 Å². The molecule has 19 rings (SSSR count). The second kappa shape index (κ2) is 40.4. The summed E-state index contributed by atoms with van der Waals surface area (Å²) in [6, 6.07) is 10.5. The van der Waals surface area contributed by atoms with Crippen LogP contribution in [0, 0.1) is 48.7 Å². The lowest BCUT2D eigenvalue weighted by Gasteiger charge is -2.53. The van der Waals surface area contributed by atoms with E-state index in [-0.39, 0.29) is 135 Å². The highest BCUT2D eigenvalue weighted by Crippen LogP contribution is 2.63. The van der Waals surface area contributed by atoms with Gasteiger partial charge in [-0.1, -0.05) is 84.0 Å². The van der Waals surface area contributed by atoms with E-state index < -0.39 is 72.7 Å². The van der Waals surface area contributed by atoms with Crippen LogP contribution in [0.5, 0.6) is 0 Å². The maximum Gasteiger partial charge on any atom is 0.417 e. The van der Waals surface area contributed by atoms with E-state index in [0.717, 1.165) is 230 Å². The number of carbonyl (C=O) groups is 5. The van der Waals surface area contributed by atoms with Crippen LogP contribution in [0.2, 0.25) is 0 Å². The zero-order valence-electron chi connectivity index (χ0n) is 73.5. The van der Waals surface area contributed by atoms with E-state index >= 15 is 0 Å². The molecule has 2 aromatic carbocycles. The first-order valence-corrected chi connectivity index (χ1v) is 52.5. The molecule has 2 N–H and O–H groups in total. The van der Waals surface area contributed by atoms with Crippen molar-refractivity contribution in [2.75, 3.05) is 73.0 Å². The summed E-state index contributed by atoms with van der Waals surface area (Å²) in [5.74, 6) is 3.50. The number of benzene rings is 2. The van der Waals surface area contributed by atoms with Gasteiger partial charge in [-0.2, -0.15) is 31.6 Å². The Morgan fingerprint density at radius 2 is 0.813 bits per heavy atom. The zero-order chi connectivity index (χ0) is 91.3. The van der Waals surface area contributed by atoms with Crippen LogP contribution in [0.15, 0.2) is 60.0 Å². The third-order valence-electron chi connectivity index (χ3n) is 30.5. The van der Waals surface area contributed by atoms with Gasteiger partial charge in [0.2, 0.25) is 11.7 Å². The van der Waals surface area contributed by atoms with Gasteiger partial charge in [0.15, 0.2) is 15.7 Å². The van der Waals surface area contributed by atoms with Gasteiger partial charge in [-0.15, -0.1) is 20.4 Å². The quantitative estimate of drug-likeness (QED) is 0.0353. The smallest absolute Gasteiger partial charge is 0.417 e. The summed E-state index contributed by atoms with van der Waals surface area (Å²) in [4.78, 5) is 58.2. The maximum absolute atomic E-state index is 13.5. The van der Waals surface area contributed by atoms with Crippen molar-refractivity contribution in [1.29, 1.82) is 0 Å². The fourth-order valence-electron chi connectivity index (χ4n) is 20.5. The number of aldehydes is 1. The molecule has 36 heteroatoms. The summed E-state index contributed by atoms with van der Waals surface area (Å²) in [6.45, 7) is 11.8. The van der Waals surface area contributed by atoms with Gasteiger partial charge < -0.3 is 24.2 Å². The van der Waals surface area contributed by atoms with Gasteiger partial charge in [-0.25, -0.2) is 42.1 Å². The molecule has 0 saturated heterocycles. The van der Waals surface area contributed by atoms with Crippen molar-refractivity contribution in [3.63, 3.8) is 0 Å². The van der Waals surface area contributed by atoms with Crippen LogP contribution in [0.25, 0.3) is 22.8 Å². The first-order valence-electron chi connectivity index (χ1n) is 43.5. The van der Waals surface area contributed by atoms with Crippen LogP contribution in [-0.4, -0.2) is 180 Å². The molecule has 25 nitrogen and oxygen atoms in total. The molecule has 2 heterocycles. The fraction of sp³-hybridized carbons (Fsp3) is 0.747. The monoisotopic (exact) mass is 1830 g/mol. The third kappa shape index (κ3) is 24.7. The van der Waals surface area contributed by atoms with Crippen molar-refractivity contribution >= 4 is 79.1 Å². The number of nitrogens with one attached hydrogen (secondary N) is 2. The van der Waals surface area contributed by atoms with E-state index in [2.05, 4.69) is 36.1 Å². The summed E-state index contributed by atoms with van der Waals surface area (Å²) in [5, 5.41) is 25.1. The molecule has 0 aliphatic heterocycles. The molecule has 0 atom stereocenters. The number of ketones is 1. The molecule has 1 amide bonds. The normalized spacial score (nSPS) is 29.2. The van der Waals surface area contributed by atoms with E-state index in [1.807, 2.05) is 6.08 Å². The molecular weight excluding hydrogens is 1700 g/mol. The second-order valence-electron chi connectivity index (χ2n) is 36.6. The maximum atomic E-state index is 13.5. The summed E-state index contributed by atoms with van der Waals surface area (Å²) in [7, 11) is -8.06. The Kier molecular flexibility index (Phi) is 33.5. The minimum absolute atomic E-state index is 0.0159. The number of fused-ring (bicyclic) bond motifs is 15. The zero-order valence-corrected chi connectivity index (χ0v) is 77.6. The molecule has 0 spiro atoms. The summed E-state index contributed by atoms with van der Waals surface area (Å²) < 4.78 is 204. The van der Waals surface area contributed by atoms with Crippen LogP contribution >= 0.6 is 0 Å².